The number of hydrogen-bond donors (Lipinski definition) is 1. The third-order valence-electron chi connectivity index (χ3n) is 5.80. The summed E-state index contributed by atoms with van der Waals surface area (Å²) in [4.78, 5) is 33.1. The first kappa shape index (κ1) is 20.5. The SMILES string of the molecule is CCCN(C(=O)c1[nH]c2ccccc2c1Cl)C1CCN(C(=O)c2ccccc2)CC1. The van der Waals surface area contributed by atoms with E-state index in [0.29, 0.717) is 35.9 Å². The number of fused-ring (bicyclic) bond motifs is 1. The number of amides is 2. The lowest BCUT2D eigenvalue weighted by molar-refractivity contribution is 0.0516. The standard InChI is InChI=1S/C24H26ClN3O2/c1-2-14-28(24(30)22-21(25)19-10-6-7-11-20(19)26-22)18-12-15-27(16-13-18)23(29)17-8-4-3-5-9-17/h3-11,18,26H,2,12-16H2,1H3. The van der Waals surface area contributed by atoms with Crippen LogP contribution in [0, 0.1) is 0 Å². The lowest BCUT2D eigenvalue weighted by Gasteiger charge is -2.38. The Balaban J connectivity index is 1.49. The van der Waals surface area contributed by atoms with Crippen molar-refractivity contribution in [2.24, 2.45) is 0 Å². The highest BCUT2D eigenvalue weighted by molar-refractivity contribution is 6.38. The third-order valence-corrected chi connectivity index (χ3v) is 6.19. The molecule has 1 aromatic heterocycles. The van der Waals surface area contributed by atoms with Crippen molar-refractivity contribution in [3.63, 3.8) is 0 Å². The summed E-state index contributed by atoms with van der Waals surface area (Å²) in [5.41, 5.74) is 2.03. The average Bonchev–Trinajstić information content (AvgIpc) is 3.14. The molecule has 0 bridgehead atoms. The van der Waals surface area contributed by atoms with Crippen LogP contribution in [-0.2, 0) is 0 Å². The monoisotopic (exact) mass is 423 g/mol. The van der Waals surface area contributed by atoms with E-state index in [1.807, 2.05) is 64.4 Å². The fraction of sp³-hybridized carbons (Fsp3) is 0.333. The molecule has 0 spiro atoms. The summed E-state index contributed by atoms with van der Waals surface area (Å²) in [5.74, 6) is -0.00744. The number of hydrogen-bond acceptors (Lipinski definition) is 2. The Bertz CT molecular complexity index is 1040. The number of carbonyl (C=O) groups is 2. The van der Waals surface area contributed by atoms with E-state index in [9.17, 15) is 9.59 Å². The zero-order valence-electron chi connectivity index (χ0n) is 17.1. The molecule has 30 heavy (non-hydrogen) atoms. The maximum Gasteiger partial charge on any atom is 0.272 e. The molecule has 0 atom stereocenters. The number of halogens is 1. The van der Waals surface area contributed by atoms with Crippen LogP contribution in [-0.4, -0.2) is 52.3 Å². The highest BCUT2D eigenvalue weighted by Gasteiger charge is 2.31. The summed E-state index contributed by atoms with van der Waals surface area (Å²) in [6.07, 6.45) is 2.40. The number of nitrogens with zero attached hydrogens (tertiary/aromatic N) is 2. The number of piperidine rings is 1. The molecular weight excluding hydrogens is 398 g/mol. The van der Waals surface area contributed by atoms with E-state index in [-0.39, 0.29) is 17.9 Å². The van der Waals surface area contributed by atoms with E-state index < -0.39 is 0 Å². The highest BCUT2D eigenvalue weighted by atomic mass is 35.5. The molecule has 0 unspecified atom stereocenters. The minimum atomic E-state index is -0.0640. The normalized spacial score (nSPS) is 14.8. The summed E-state index contributed by atoms with van der Waals surface area (Å²) < 4.78 is 0. The number of benzene rings is 2. The Hall–Kier alpha value is -2.79. The Kier molecular flexibility index (Phi) is 6.09. The Morgan fingerprint density at radius 3 is 2.40 bits per heavy atom. The molecule has 1 N–H and O–H groups in total. The Morgan fingerprint density at radius 1 is 1.07 bits per heavy atom. The molecule has 4 rings (SSSR count). The molecule has 3 aromatic rings. The number of aromatic nitrogens is 1. The Morgan fingerprint density at radius 2 is 1.73 bits per heavy atom. The van der Waals surface area contributed by atoms with Crippen molar-refractivity contribution in [2.75, 3.05) is 19.6 Å². The van der Waals surface area contributed by atoms with Gasteiger partial charge < -0.3 is 14.8 Å². The van der Waals surface area contributed by atoms with E-state index in [0.717, 1.165) is 30.2 Å². The van der Waals surface area contributed by atoms with E-state index in [2.05, 4.69) is 11.9 Å². The van der Waals surface area contributed by atoms with Crippen LogP contribution < -0.4 is 0 Å². The van der Waals surface area contributed by atoms with Gasteiger partial charge in [0, 0.05) is 42.1 Å². The molecule has 1 aliphatic heterocycles. The van der Waals surface area contributed by atoms with Gasteiger partial charge in [0.15, 0.2) is 0 Å². The van der Waals surface area contributed by atoms with Crippen LogP contribution in [0.4, 0.5) is 0 Å². The topological polar surface area (TPSA) is 56.4 Å². The number of aromatic amines is 1. The summed E-state index contributed by atoms with van der Waals surface area (Å²) in [6.45, 7) is 4.03. The van der Waals surface area contributed by atoms with Crippen molar-refractivity contribution in [3.8, 4) is 0 Å². The second-order valence-corrected chi connectivity index (χ2v) is 8.13. The van der Waals surface area contributed by atoms with Crippen molar-refractivity contribution in [1.29, 1.82) is 0 Å². The van der Waals surface area contributed by atoms with Gasteiger partial charge in [-0.1, -0.05) is 54.9 Å². The van der Waals surface area contributed by atoms with Gasteiger partial charge in [0.2, 0.25) is 0 Å². The van der Waals surface area contributed by atoms with Gasteiger partial charge in [-0.25, -0.2) is 0 Å². The number of para-hydroxylation sites is 1. The number of H-pyrrole nitrogens is 1. The second-order valence-electron chi connectivity index (χ2n) is 7.75. The van der Waals surface area contributed by atoms with Gasteiger partial charge >= 0.3 is 0 Å². The number of likely N-dealkylation sites (tertiary alicyclic amines) is 1. The minimum Gasteiger partial charge on any atom is -0.349 e. The van der Waals surface area contributed by atoms with Crippen molar-refractivity contribution in [1.82, 2.24) is 14.8 Å². The molecule has 156 valence electrons. The van der Waals surface area contributed by atoms with E-state index in [1.165, 1.54) is 0 Å². The van der Waals surface area contributed by atoms with Crippen LogP contribution in [0.1, 0.15) is 47.0 Å². The predicted molar refractivity (Wildman–Crippen MR) is 120 cm³/mol. The molecule has 6 heteroatoms. The molecule has 0 aliphatic carbocycles. The predicted octanol–water partition coefficient (Wildman–Crippen LogP) is 4.98. The van der Waals surface area contributed by atoms with Gasteiger partial charge in [-0.15, -0.1) is 0 Å². The van der Waals surface area contributed by atoms with E-state index in [1.54, 1.807) is 0 Å². The van der Waals surface area contributed by atoms with Crippen LogP contribution in [0.25, 0.3) is 10.9 Å². The van der Waals surface area contributed by atoms with Gasteiger partial charge in [0.25, 0.3) is 11.8 Å². The zero-order valence-corrected chi connectivity index (χ0v) is 17.9. The van der Waals surface area contributed by atoms with Crippen LogP contribution >= 0.6 is 11.6 Å². The fourth-order valence-electron chi connectivity index (χ4n) is 4.23. The average molecular weight is 424 g/mol. The lowest BCUT2D eigenvalue weighted by Crippen LogP contribution is -2.49. The first-order valence-electron chi connectivity index (χ1n) is 10.5. The molecule has 2 aromatic carbocycles. The van der Waals surface area contributed by atoms with Crippen molar-refractivity contribution < 1.29 is 9.59 Å². The van der Waals surface area contributed by atoms with Crippen LogP contribution in [0.2, 0.25) is 5.02 Å². The van der Waals surface area contributed by atoms with Gasteiger partial charge in [0.1, 0.15) is 5.69 Å². The minimum absolute atomic E-state index is 0.0566. The number of nitrogens with one attached hydrogen (secondary N) is 1. The second kappa shape index (κ2) is 8.92. The first-order chi connectivity index (χ1) is 14.6. The van der Waals surface area contributed by atoms with Crippen molar-refractivity contribution in [2.45, 2.75) is 32.2 Å². The van der Waals surface area contributed by atoms with Gasteiger partial charge in [-0.2, -0.15) is 0 Å². The lowest BCUT2D eigenvalue weighted by atomic mass is 10.0. The summed E-state index contributed by atoms with van der Waals surface area (Å²) in [5, 5.41) is 1.34. The van der Waals surface area contributed by atoms with Gasteiger partial charge in [-0.05, 0) is 37.5 Å². The molecule has 1 aliphatic rings. The molecule has 1 fully saturated rings. The molecule has 2 amide bonds. The largest absolute Gasteiger partial charge is 0.349 e. The molecule has 2 heterocycles. The first-order valence-corrected chi connectivity index (χ1v) is 10.9. The number of rotatable bonds is 5. The molecule has 5 nitrogen and oxygen atoms in total. The maximum absolute atomic E-state index is 13.4. The summed E-state index contributed by atoms with van der Waals surface area (Å²) >= 11 is 6.54. The van der Waals surface area contributed by atoms with E-state index in [4.69, 9.17) is 11.6 Å². The molecule has 1 saturated heterocycles. The quantitative estimate of drug-likeness (QED) is 0.629. The van der Waals surface area contributed by atoms with Gasteiger partial charge in [-0.3, -0.25) is 9.59 Å². The molecule has 0 radical (unpaired) electrons. The van der Waals surface area contributed by atoms with Crippen molar-refractivity contribution in [3.05, 3.63) is 70.9 Å². The summed E-state index contributed by atoms with van der Waals surface area (Å²) in [6, 6.07) is 17.1. The molecule has 0 saturated carbocycles. The summed E-state index contributed by atoms with van der Waals surface area (Å²) in [7, 11) is 0. The van der Waals surface area contributed by atoms with Gasteiger partial charge in [0.05, 0.1) is 5.02 Å². The van der Waals surface area contributed by atoms with Crippen LogP contribution in [0.5, 0.6) is 0 Å². The fourth-order valence-corrected chi connectivity index (χ4v) is 4.53. The van der Waals surface area contributed by atoms with Crippen molar-refractivity contribution >= 4 is 34.3 Å². The Labute approximate surface area is 181 Å². The molecular formula is C24H26ClN3O2. The van der Waals surface area contributed by atoms with Crippen LogP contribution in [0.3, 0.4) is 0 Å². The zero-order chi connectivity index (χ0) is 21.1. The maximum atomic E-state index is 13.4. The van der Waals surface area contributed by atoms with Crippen LogP contribution in [0.15, 0.2) is 54.6 Å². The smallest absolute Gasteiger partial charge is 0.272 e. The highest BCUT2D eigenvalue weighted by Crippen LogP contribution is 2.29. The van der Waals surface area contributed by atoms with E-state index >= 15 is 0 Å². The third kappa shape index (κ3) is 3.94. The number of carbonyl (C=O) groups excluding carboxylic acids is 2.